The van der Waals surface area contributed by atoms with Gasteiger partial charge in [0.1, 0.15) is 23.6 Å². The quantitative estimate of drug-likeness (QED) is 0.289. The number of carbonyl (C=O) groups excluding carboxylic acids is 2. The summed E-state index contributed by atoms with van der Waals surface area (Å²) in [7, 11) is 0. The third-order valence-corrected chi connectivity index (χ3v) is 3.72. The van der Waals surface area contributed by atoms with Crippen LogP contribution >= 0.6 is 11.6 Å². The molecule has 0 spiro atoms. The van der Waals surface area contributed by atoms with E-state index in [1.54, 1.807) is 6.07 Å². The molecule has 1 heterocycles. The third kappa shape index (κ3) is 6.45. The van der Waals surface area contributed by atoms with E-state index in [-0.39, 0.29) is 98.0 Å². The molecule has 4 N–H and O–H groups in total. The zero-order chi connectivity index (χ0) is 17.9. The average molecular weight is 403 g/mol. The molecule has 0 aromatic heterocycles. The normalized spacial score (nSPS) is 13.6. The maximum absolute atomic E-state index is 12.4. The molecule has 0 radical (unpaired) electrons. The van der Waals surface area contributed by atoms with E-state index >= 15 is 0 Å². The molecule has 0 fully saturated rings. The molecular weight excluding hydrogens is 386 g/mol. The minimum atomic E-state index is -1.26. The molecule has 0 aliphatic carbocycles. The number of rotatable bonds is 5. The minimum Gasteiger partial charge on any atom is -1.00 e. The van der Waals surface area contributed by atoms with E-state index in [0.29, 0.717) is 5.56 Å². The fraction of sp³-hybridized carbons (Fsp3) is 0.267. The van der Waals surface area contributed by atoms with Crippen molar-refractivity contribution in [3.8, 4) is 5.75 Å². The van der Waals surface area contributed by atoms with Crippen LogP contribution in [-0.2, 0) is 20.9 Å². The van der Waals surface area contributed by atoms with Gasteiger partial charge in [0.15, 0.2) is 0 Å². The number of aromatic hydroxyl groups is 1. The summed E-state index contributed by atoms with van der Waals surface area (Å²) < 4.78 is 0. The van der Waals surface area contributed by atoms with Crippen molar-refractivity contribution in [2.45, 2.75) is 13.0 Å². The van der Waals surface area contributed by atoms with E-state index in [0.717, 1.165) is 0 Å². The first-order chi connectivity index (χ1) is 11.3. The summed E-state index contributed by atoms with van der Waals surface area (Å²) in [6.07, 6.45) is 0.0768. The molecule has 26 heavy (non-hydrogen) atoms. The first-order valence-electron chi connectivity index (χ1n) is 6.98. The number of carboxylic acid groups (broad SMARTS) is 1. The Kier molecular flexibility index (Phi) is 10.9. The number of hydrogen-bond acceptors (Lipinski definition) is 5. The maximum atomic E-state index is 12.4. The largest absolute Gasteiger partial charge is 1.00 e. The average Bonchev–Trinajstić information content (AvgIpc) is 2.51. The fourth-order valence-electron chi connectivity index (χ4n) is 2.24. The smallest absolute Gasteiger partial charge is 1.00 e. The van der Waals surface area contributed by atoms with Crippen molar-refractivity contribution in [2.24, 2.45) is 0 Å². The molecule has 1 aromatic rings. The van der Waals surface area contributed by atoms with Gasteiger partial charge in [-0.25, -0.2) is 0 Å². The summed E-state index contributed by atoms with van der Waals surface area (Å²) in [5, 5.41) is 30.0. The Morgan fingerprint density at radius 1 is 1.27 bits per heavy atom. The van der Waals surface area contributed by atoms with Crippen molar-refractivity contribution in [1.29, 1.82) is 0 Å². The van der Waals surface area contributed by atoms with Gasteiger partial charge in [0, 0.05) is 19.5 Å². The van der Waals surface area contributed by atoms with Gasteiger partial charge in [-0.05, 0) is 17.7 Å². The van der Waals surface area contributed by atoms with Crippen LogP contribution in [0.25, 0.3) is 0 Å². The van der Waals surface area contributed by atoms with Crippen molar-refractivity contribution < 1.29 is 91.7 Å². The molecule has 0 saturated carbocycles. The Balaban J connectivity index is -0.00000156. The molecule has 8 nitrogen and oxygen atoms in total. The van der Waals surface area contributed by atoms with Crippen molar-refractivity contribution in [3.63, 3.8) is 0 Å². The van der Waals surface area contributed by atoms with E-state index < -0.39 is 29.9 Å². The predicted octanol–water partition coefficient (Wildman–Crippen LogP) is -4.98. The van der Waals surface area contributed by atoms with Gasteiger partial charge in [0.2, 0.25) is 0 Å². The first-order valence-corrected chi connectivity index (χ1v) is 7.36. The Hall–Kier alpha value is -0.740. The number of nitrogens with one attached hydrogen (secondary N) is 1. The number of phenols is 1. The van der Waals surface area contributed by atoms with Gasteiger partial charge >= 0.3 is 65.1 Å². The van der Waals surface area contributed by atoms with E-state index in [2.05, 4.69) is 5.32 Å². The van der Waals surface area contributed by atoms with Crippen LogP contribution in [0.15, 0.2) is 29.5 Å². The van der Waals surface area contributed by atoms with Gasteiger partial charge in [0.25, 0.3) is 11.8 Å². The van der Waals surface area contributed by atoms with Crippen LogP contribution in [0.1, 0.15) is 14.8 Å². The Bertz CT molecular complexity index is 751. The number of carbonyl (C=O) groups is 3. The van der Waals surface area contributed by atoms with Crippen LogP contribution in [0.3, 0.4) is 0 Å². The van der Waals surface area contributed by atoms with E-state index in [1.165, 1.54) is 17.0 Å². The SMILES string of the molecule is O=C(O)CNC(=O)C1=C(O)CCN(Cc2ccc(O)c(Cl)c2)C1=O.[H-].[H-].[Na+].[Na+]. The van der Waals surface area contributed by atoms with Gasteiger partial charge in [-0.3, -0.25) is 14.4 Å². The number of nitrogens with zero attached hydrogens (tertiary/aromatic N) is 1. The summed E-state index contributed by atoms with van der Waals surface area (Å²) in [6.45, 7) is -0.336. The number of amides is 2. The number of hydrogen-bond donors (Lipinski definition) is 4. The number of phenolic OH excluding ortho intramolecular Hbond substituents is 1. The Labute approximate surface area is 201 Å². The molecule has 0 atom stereocenters. The third-order valence-electron chi connectivity index (χ3n) is 3.42. The first kappa shape index (κ1) is 25.3. The van der Waals surface area contributed by atoms with Gasteiger partial charge in [-0.15, -0.1) is 0 Å². The van der Waals surface area contributed by atoms with Crippen molar-refractivity contribution in [2.75, 3.05) is 13.1 Å². The fourth-order valence-corrected chi connectivity index (χ4v) is 2.44. The summed E-state index contributed by atoms with van der Waals surface area (Å²) in [6, 6.07) is 4.46. The zero-order valence-electron chi connectivity index (χ0n) is 16.5. The van der Waals surface area contributed by atoms with Gasteiger partial charge in [-0.2, -0.15) is 0 Å². The van der Waals surface area contributed by atoms with Crippen LogP contribution in [0.4, 0.5) is 0 Å². The number of carboxylic acids is 1. The van der Waals surface area contributed by atoms with Gasteiger partial charge in [-0.1, -0.05) is 17.7 Å². The molecule has 0 saturated heterocycles. The van der Waals surface area contributed by atoms with E-state index in [4.69, 9.17) is 16.7 Å². The molecule has 2 amide bonds. The number of aliphatic hydroxyl groups excluding tert-OH is 1. The molecule has 2 rings (SSSR count). The molecular formula is C15H17ClN2Na2O6. The number of halogens is 1. The van der Waals surface area contributed by atoms with Crippen molar-refractivity contribution >= 4 is 29.4 Å². The molecule has 1 aromatic carbocycles. The molecule has 0 unspecified atom stereocenters. The van der Waals surface area contributed by atoms with Crippen LogP contribution in [-0.4, -0.2) is 51.1 Å². The van der Waals surface area contributed by atoms with Crippen molar-refractivity contribution in [3.05, 3.63) is 40.1 Å². The summed E-state index contributed by atoms with van der Waals surface area (Å²) >= 11 is 5.82. The standard InChI is InChI=1S/C15H15ClN2O6.2Na.2H/c16-9-5-8(1-2-10(9)19)7-18-4-3-11(20)13(15(18)24)14(23)17-6-12(21)22;;;;/h1-2,5,19-20H,3-4,6-7H2,(H,17,23)(H,21,22);;;;/q;2*+1;2*-1. The molecule has 11 heteroatoms. The van der Waals surface area contributed by atoms with Crippen LogP contribution in [0.2, 0.25) is 5.02 Å². The second-order valence-electron chi connectivity index (χ2n) is 5.16. The van der Waals surface area contributed by atoms with Crippen LogP contribution in [0, 0.1) is 0 Å². The summed E-state index contributed by atoms with van der Waals surface area (Å²) in [5.41, 5.74) is 0.171. The molecule has 1 aliphatic heterocycles. The van der Waals surface area contributed by atoms with E-state index in [9.17, 15) is 24.6 Å². The molecule has 1 aliphatic rings. The Morgan fingerprint density at radius 3 is 2.50 bits per heavy atom. The molecule has 132 valence electrons. The number of aliphatic hydroxyl groups is 1. The van der Waals surface area contributed by atoms with Crippen LogP contribution < -0.4 is 64.4 Å². The minimum absolute atomic E-state index is 0. The maximum Gasteiger partial charge on any atom is 1.00 e. The predicted molar refractivity (Wildman–Crippen MR) is 85.7 cm³/mol. The second-order valence-corrected chi connectivity index (χ2v) is 5.57. The number of aliphatic carboxylic acids is 1. The van der Waals surface area contributed by atoms with Crippen LogP contribution in [0.5, 0.6) is 5.75 Å². The van der Waals surface area contributed by atoms with Gasteiger partial charge in [0.05, 0.1) is 5.02 Å². The molecule has 0 bridgehead atoms. The monoisotopic (exact) mass is 402 g/mol. The topological polar surface area (TPSA) is 127 Å². The van der Waals surface area contributed by atoms with Gasteiger partial charge < -0.3 is 28.4 Å². The summed E-state index contributed by atoms with van der Waals surface area (Å²) in [4.78, 5) is 36.1. The Morgan fingerprint density at radius 2 is 1.92 bits per heavy atom. The number of benzene rings is 1. The van der Waals surface area contributed by atoms with Crippen molar-refractivity contribution in [1.82, 2.24) is 10.2 Å². The second kappa shape index (κ2) is 11.2. The summed E-state index contributed by atoms with van der Waals surface area (Å²) in [5.74, 6) is -3.36. The van der Waals surface area contributed by atoms with E-state index in [1.807, 2.05) is 0 Å². The zero-order valence-corrected chi connectivity index (χ0v) is 19.2.